The smallest absolute Gasteiger partial charge is 0.308 e. The molecule has 2 N–H and O–H groups in total. The highest BCUT2D eigenvalue weighted by molar-refractivity contribution is 6.07. The number of benzene rings is 1. The number of amides is 1. The Labute approximate surface area is 116 Å². The molecule has 5 heteroatoms. The quantitative estimate of drug-likeness (QED) is 0.879. The van der Waals surface area contributed by atoms with Gasteiger partial charge in [0.1, 0.15) is 0 Å². The van der Waals surface area contributed by atoms with E-state index in [1.807, 2.05) is 24.3 Å². The minimum absolute atomic E-state index is 0.0984. The number of nitrogens with one attached hydrogen (secondary N) is 1. The molecule has 2 heterocycles. The van der Waals surface area contributed by atoms with Crippen LogP contribution in [0.3, 0.4) is 0 Å². The topological polar surface area (TPSA) is 73.4 Å². The number of carboxylic acid groups (broad SMARTS) is 1. The first-order chi connectivity index (χ1) is 9.59. The zero-order chi connectivity index (χ0) is 14.3. The van der Waals surface area contributed by atoms with Crippen LogP contribution in [0, 0.1) is 5.92 Å². The molecule has 3 rings (SSSR count). The van der Waals surface area contributed by atoms with Gasteiger partial charge in [-0.15, -0.1) is 0 Å². The summed E-state index contributed by atoms with van der Waals surface area (Å²) in [4.78, 5) is 28.5. The number of hydrogen-bond donors (Lipinski definition) is 2. The molecular formula is C15H16N2O3. The van der Waals surface area contributed by atoms with Crippen LogP contribution in [-0.4, -0.2) is 39.5 Å². The minimum atomic E-state index is -0.827. The largest absolute Gasteiger partial charge is 0.481 e. The van der Waals surface area contributed by atoms with Crippen LogP contribution in [-0.2, 0) is 4.79 Å². The van der Waals surface area contributed by atoms with E-state index in [1.54, 1.807) is 18.0 Å². The Kier molecular flexibility index (Phi) is 2.97. The number of fused-ring (bicyclic) bond motifs is 1. The fourth-order valence-electron chi connectivity index (χ4n) is 2.96. The van der Waals surface area contributed by atoms with E-state index in [0.29, 0.717) is 18.5 Å². The third kappa shape index (κ3) is 1.86. The molecule has 1 aliphatic rings. The number of carboxylic acids is 1. The number of likely N-dealkylation sites (tertiary alicyclic amines) is 1. The lowest BCUT2D eigenvalue weighted by Crippen LogP contribution is -2.37. The van der Waals surface area contributed by atoms with Gasteiger partial charge in [0.2, 0.25) is 0 Å². The summed E-state index contributed by atoms with van der Waals surface area (Å²) in [7, 11) is 0. The highest BCUT2D eigenvalue weighted by Crippen LogP contribution is 2.28. The van der Waals surface area contributed by atoms with E-state index >= 15 is 0 Å². The second kappa shape index (κ2) is 4.67. The fraction of sp³-hybridized carbons (Fsp3) is 0.333. The van der Waals surface area contributed by atoms with Crippen molar-refractivity contribution in [3.05, 3.63) is 36.0 Å². The summed E-state index contributed by atoms with van der Waals surface area (Å²) in [5.74, 6) is -1.39. The number of carbonyl (C=O) groups excluding carboxylic acids is 1. The molecule has 20 heavy (non-hydrogen) atoms. The second-order valence-corrected chi connectivity index (χ2v) is 5.22. The molecule has 1 aliphatic heterocycles. The third-order valence-electron chi connectivity index (χ3n) is 4.15. The highest BCUT2D eigenvalue weighted by atomic mass is 16.4. The van der Waals surface area contributed by atoms with E-state index in [2.05, 4.69) is 4.98 Å². The van der Waals surface area contributed by atoms with Crippen molar-refractivity contribution < 1.29 is 14.7 Å². The molecule has 5 nitrogen and oxygen atoms in total. The molecule has 0 bridgehead atoms. The zero-order valence-electron chi connectivity index (χ0n) is 11.2. The van der Waals surface area contributed by atoms with E-state index in [0.717, 1.165) is 10.9 Å². The van der Waals surface area contributed by atoms with Crippen LogP contribution < -0.4 is 0 Å². The predicted octanol–water partition coefficient (Wildman–Crippen LogP) is 2.10. The second-order valence-electron chi connectivity index (χ2n) is 5.22. The molecule has 1 amide bonds. The van der Waals surface area contributed by atoms with Gasteiger partial charge in [-0.1, -0.05) is 18.2 Å². The van der Waals surface area contributed by atoms with Crippen LogP contribution in [0.4, 0.5) is 0 Å². The number of aromatic nitrogens is 1. The van der Waals surface area contributed by atoms with E-state index < -0.39 is 11.9 Å². The molecule has 0 radical (unpaired) electrons. The average molecular weight is 272 g/mol. The van der Waals surface area contributed by atoms with Crippen LogP contribution in [0.15, 0.2) is 30.5 Å². The van der Waals surface area contributed by atoms with Crippen molar-refractivity contribution >= 4 is 22.8 Å². The van der Waals surface area contributed by atoms with Gasteiger partial charge in [-0.2, -0.15) is 0 Å². The molecule has 1 saturated heterocycles. The molecule has 0 aliphatic carbocycles. The monoisotopic (exact) mass is 272 g/mol. The lowest BCUT2D eigenvalue weighted by molar-refractivity contribution is -0.142. The summed E-state index contributed by atoms with van der Waals surface area (Å²) in [5, 5.41) is 10.0. The Hall–Kier alpha value is -2.30. The number of nitrogens with zero attached hydrogens (tertiary/aromatic N) is 1. The lowest BCUT2D eigenvalue weighted by Gasteiger charge is -2.23. The molecule has 2 atom stereocenters. The number of hydrogen-bond acceptors (Lipinski definition) is 2. The number of aromatic amines is 1. The molecule has 104 valence electrons. The maximum Gasteiger partial charge on any atom is 0.308 e. The van der Waals surface area contributed by atoms with Crippen molar-refractivity contribution in [3.63, 3.8) is 0 Å². The summed E-state index contributed by atoms with van der Waals surface area (Å²) in [6, 6.07) is 7.34. The van der Waals surface area contributed by atoms with Gasteiger partial charge in [0.05, 0.1) is 11.5 Å². The van der Waals surface area contributed by atoms with E-state index in [1.165, 1.54) is 0 Å². The first-order valence-corrected chi connectivity index (χ1v) is 6.69. The maximum atomic E-state index is 12.6. The van der Waals surface area contributed by atoms with E-state index in [-0.39, 0.29) is 11.9 Å². The maximum absolute atomic E-state index is 12.6. The summed E-state index contributed by atoms with van der Waals surface area (Å²) >= 11 is 0. The molecular weight excluding hydrogens is 256 g/mol. The van der Waals surface area contributed by atoms with E-state index in [4.69, 9.17) is 5.11 Å². The molecule has 0 spiro atoms. The first kappa shape index (κ1) is 12.7. The van der Waals surface area contributed by atoms with Crippen LogP contribution in [0.25, 0.3) is 10.9 Å². The number of H-pyrrole nitrogens is 1. The molecule has 0 saturated carbocycles. The molecule has 2 aromatic rings. The van der Waals surface area contributed by atoms with Crippen molar-refractivity contribution in [3.8, 4) is 0 Å². The summed E-state index contributed by atoms with van der Waals surface area (Å²) in [6.07, 6.45) is 2.22. The Bertz CT molecular complexity index is 677. The number of carbonyl (C=O) groups is 2. The number of rotatable bonds is 2. The first-order valence-electron chi connectivity index (χ1n) is 6.69. The normalized spacial score (nSPS) is 22.4. The average Bonchev–Trinajstić information content (AvgIpc) is 3.01. The molecule has 1 aromatic heterocycles. The Morgan fingerprint density at radius 2 is 2.10 bits per heavy atom. The molecule has 2 unspecified atom stereocenters. The van der Waals surface area contributed by atoms with Crippen molar-refractivity contribution in [2.45, 2.75) is 19.4 Å². The summed E-state index contributed by atoms with van der Waals surface area (Å²) in [6.45, 7) is 2.30. The van der Waals surface area contributed by atoms with Crippen molar-refractivity contribution in [2.24, 2.45) is 5.92 Å². The van der Waals surface area contributed by atoms with Crippen molar-refractivity contribution in [2.75, 3.05) is 6.54 Å². The summed E-state index contributed by atoms with van der Waals surface area (Å²) < 4.78 is 0. The molecule has 1 fully saturated rings. The third-order valence-corrected chi connectivity index (χ3v) is 4.15. The van der Waals surface area contributed by atoms with E-state index in [9.17, 15) is 9.59 Å². The van der Waals surface area contributed by atoms with Gasteiger partial charge >= 0.3 is 5.97 Å². The van der Waals surface area contributed by atoms with Gasteiger partial charge in [0.15, 0.2) is 0 Å². The van der Waals surface area contributed by atoms with Gasteiger partial charge in [-0.25, -0.2) is 0 Å². The Morgan fingerprint density at radius 3 is 2.80 bits per heavy atom. The number of para-hydroxylation sites is 1. The predicted molar refractivity (Wildman–Crippen MR) is 74.5 cm³/mol. The van der Waals surface area contributed by atoms with Crippen molar-refractivity contribution in [1.29, 1.82) is 0 Å². The lowest BCUT2D eigenvalue weighted by atomic mass is 10.0. The zero-order valence-corrected chi connectivity index (χ0v) is 11.2. The number of aliphatic carboxylic acids is 1. The van der Waals surface area contributed by atoms with Crippen molar-refractivity contribution in [1.82, 2.24) is 9.88 Å². The standard InChI is InChI=1S/C15H16N2O3/c1-9-10(15(19)20)6-7-17(9)14(18)12-8-16-13-5-3-2-4-11(12)13/h2-5,8-10,16H,6-7H2,1H3,(H,19,20). The molecule has 1 aromatic carbocycles. The SMILES string of the molecule is CC1C(C(=O)O)CCN1C(=O)c1c[nH]c2ccccc12. The fourth-order valence-corrected chi connectivity index (χ4v) is 2.96. The van der Waals surface area contributed by atoms with Crippen LogP contribution in [0.5, 0.6) is 0 Å². The van der Waals surface area contributed by atoms with Crippen LogP contribution >= 0.6 is 0 Å². The Balaban J connectivity index is 1.92. The van der Waals surface area contributed by atoms with Gasteiger partial charge in [0.25, 0.3) is 5.91 Å². The van der Waals surface area contributed by atoms with Gasteiger partial charge in [0, 0.05) is 29.7 Å². The Morgan fingerprint density at radius 1 is 1.35 bits per heavy atom. The van der Waals surface area contributed by atoms with Crippen LogP contribution in [0.2, 0.25) is 0 Å². The minimum Gasteiger partial charge on any atom is -0.481 e. The van der Waals surface area contributed by atoms with Gasteiger partial charge < -0.3 is 15.0 Å². The van der Waals surface area contributed by atoms with Crippen LogP contribution in [0.1, 0.15) is 23.7 Å². The summed E-state index contributed by atoms with van der Waals surface area (Å²) in [5.41, 5.74) is 1.52. The highest BCUT2D eigenvalue weighted by Gasteiger charge is 2.38. The van der Waals surface area contributed by atoms with Gasteiger partial charge in [-0.3, -0.25) is 9.59 Å². The van der Waals surface area contributed by atoms with Gasteiger partial charge in [-0.05, 0) is 19.4 Å².